The summed E-state index contributed by atoms with van der Waals surface area (Å²) in [6, 6.07) is 7.92. The van der Waals surface area contributed by atoms with Crippen molar-refractivity contribution in [2.75, 3.05) is 13.1 Å². The molecule has 0 unspecified atom stereocenters. The number of rotatable bonds is 2. The van der Waals surface area contributed by atoms with Gasteiger partial charge in [0.05, 0.1) is 0 Å². The predicted octanol–water partition coefficient (Wildman–Crippen LogP) is 3.88. The van der Waals surface area contributed by atoms with Crippen LogP contribution in [0.15, 0.2) is 42.6 Å². The Labute approximate surface area is 132 Å². The van der Waals surface area contributed by atoms with Crippen LogP contribution in [-0.4, -0.2) is 23.1 Å². The summed E-state index contributed by atoms with van der Waals surface area (Å²) in [5, 5.41) is 4.07. The lowest BCUT2D eigenvalue weighted by Crippen LogP contribution is -2.20. The summed E-state index contributed by atoms with van der Waals surface area (Å²) >= 11 is 0. The minimum Gasteiger partial charge on any atom is -0.339 e. The first-order chi connectivity index (χ1) is 11.2. The molecule has 0 bridgehead atoms. The maximum atomic E-state index is 14.2. The lowest BCUT2D eigenvalue weighted by Gasteiger charge is -2.12. The van der Waals surface area contributed by atoms with Gasteiger partial charge in [-0.3, -0.25) is 0 Å². The summed E-state index contributed by atoms with van der Waals surface area (Å²) < 4.78 is 27.7. The number of H-pyrrole nitrogens is 1. The molecule has 5 heteroatoms. The lowest BCUT2D eigenvalue weighted by atomic mass is 10.0. The number of nitrogens with one attached hydrogen (secondary N) is 2. The smallest absolute Gasteiger partial charge is 0.166 e. The summed E-state index contributed by atoms with van der Waals surface area (Å²) in [6.45, 7) is 1.77. The van der Waals surface area contributed by atoms with E-state index in [9.17, 15) is 8.78 Å². The van der Waals surface area contributed by atoms with Gasteiger partial charge in [-0.25, -0.2) is 13.8 Å². The van der Waals surface area contributed by atoms with E-state index in [1.807, 2.05) is 6.07 Å². The Morgan fingerprint density at radius 1 is 1.09 bits per heavy atom. The monoisotopic (exact) mass is 311 g/mol. The van der Waals surface area contributed by atoms with E-state index in [-0.39, 0.29) is 5.56 Å². The van der Waals surface area contributed by atoms with Crippen molar-refractivity contribution in [3.05, 3.63) is 59.9 Å². The highest BCUT2D eigenvalue weighted by Crippen LogP contribution is 2.32. The first-order valence-corrected chi connectivity index (χ1v) is 7.56. The second kappa shape index (κ2) is 5.59. The molecule has 0 aliphatic carbocycles. The van der Waals surface area contributed by atoms with Crippen molar-refractivity contribution in [1.29, 1.82) is 0 Å². The van der Waals surface area contributed by atoms with Gasteiger partial charge in [-0.15, -0.1) is 0 Å². The third-order valence-corrected chi connectivity index (χ3v) is 4.18. The first kappa shape index (κ1) is 14.1. The molecule has 3 nitrogen and oxygen atoms in total. The summed E-state index contributed by atoms with van der Waals surface area (Å²) in [6.07, 6.45) is 4.67. The van der Waals surface area contributed by atoms with Gasteiger partial charge in [0.2, 0.25) is 0 Å². The third-order valence-electron chi connectivity index (χ3n) is 4.18. The highest BCUT2D eigenvalue weighted by Gasteiger charge is 2.16. The first-order valence-electron chi connectivity index (χ1n) is 7.56. The standard InChI is InChI=1S/C18H15F2N3/c19-15-3-1-2-13(17(15)20)12-6-9-22-18-14(12)10-16(23-18)11-4-7-21-8-5-11/h1-4,6,9-10,21H,5,7-8H2,(H,22,23). The summed E-state index contributed by atoms with van der Waals surface area (Å²) in [7, 11) is 0. The van der Waals surface area contributed by atoms with Crippen molar-refractivity contribution >= 4 is 16.6 Å². The quantitative estimate of drug-likeness (QED) is 0.754. The second-order valence-corrected chi connectivity index (χ2v) is 5.59. The Hall–Kier alpha value is -2.53. The predicted molar refractivity (Wildman–Crippen MR) is 86.9 cm³/mol. The molecule has 1 aliphatic rings. The molecule has 116 valence electrons. The average Bonchev–Trinajstić information content (AvgIpc) is 3.02. The van der Waals surface area contributed by atoms with Gasteiger partial charge in [-0.05, 0) is 42.3 Å². The molecule has 0 atom stereocenters. The molecular weight excluding hydrogens is 296 g/mol. The fourth-order valence-electron chi connectivity index (χ4n) is 3.01. The summed E-state index contributed by atoms with van der Waals surface area (Å²) in [5.41, 5.74) is 3.78. The van der Waals surface area contributed by atoms with Crippen LogP contribution in [0, 0.1) is 11.6 Å². The number of halogens is 2. The topological polar surface area (TPSA) is 40.7 Å². The molecule has 2 N–H and O–H groups in total. The average molecular weight is 311 g/mol. The molecule has 0 amide bonds. The number of fused-ring (bicyclic) bond motifs is 1. The van der Waals surface area contributed by atoms with Crippen molar-refractivity contribution in [3.8, 4) is 11.1 Å². The van der Waals surface area contributed by atoms with Crippen molar-refractivity contribution in [1.82, 2.24) is 15.3 Å². The minimum atomic E-state index is -0.843. The normalized spacial score (nSPS) is 15.0. The number of nitrogens with zero attached hydrogens (tertiary/aromatic N) is 1. The molecule has 3 aromatic rings. The van der Waals surface area contributed by atoms with E-state index >= 15 is 0 Å². The van der Waals surface area contributed by atoms with E-state index in [0.717, 1.165) is 36.7 Å². The number of pyridine rings is 1. The van der Waals surface area contributed by atoms with Gasteiger partial charge in [0.1, 0.15) is 5.65 Å². The maximum absolute atomic E-state index is 14.2. The zero-order valence-electron chi connectivity index (χ0n) is 12.4. The van der Waals surface area contributed by atoms with E-state index in [4.69, 9.17) is 0 Å². The number of benzene rings is 1. The highest BCUT2D eigenvalue weighted by molar-refractivity contribution is 5.95. The highest BCUT2D eigenvalue weighted by atomic mass is 19.2. The Kier molecular flexibility index (Phi) is 3.42. The molecule has 0 fully saturated rings. The van der Waals surface area contributed by atoms with Crippen LogP contribution in [0.1, 0.15) is 12.1 Å². The molecule has 1 aromatic carbocycles. The van der Waals surface area contributed by atoms with Gasteiger partial charge < -0.3 is 10.3 Å². The number of aromatic amines is 1. The van der Waals surface area contributed by atoms with E-state index in [0.29, 0.717) is 11.2 Å². The van der Waals surface area contributed by atoms with Crippen LogP contribution in [0.3, 0.4) is 0 Å². The van der Waals surface area contributed by atoms with E-state index in [1.54, 1.807) is 18.3 Å². The fourth-order valence-corrected chi connectivity index (χ4v) is 3.01. The molecule has 23 heavy (non-hydrogen) atoms. The van der Waals surface area contributed by atoms with E-state index in [1.165, 1.54) is 11.6 Å². The second-order valence-electron chi connectivity index (χ2n) is 5.59. The van der Waals surface area contributed by atoms with Crippen molar-refractivity contribution < 1.29 is 8.78 Å². The molecule has 0 spiro atoms. The van der Waals surface area contributed by atoms with Crippen LogP contribution in [0.2, 0.25) is 0 Å². The van der Waals surface area contributed by atoms with E-state index in [2.05, 4.69) is 21.4 Å². The van der Waals surface area contributed by atoms with Gasteiger partial charge in [-0.1, -0.05) is 18.2 Å². The Morgan fingerprint density at radius 2 is 2.00 bits per heavy atom. The Balaban J connectivity index is 1.89. The number of hydrogen-bond donors (Lipinski definition) is 2. The molecule has 1 aliphatic heterocycles. The van der Waals surface area contributed by atoms with Crippen LogP contribution in [0.25, 0.3) is 27.7 Å². The number of hydrogen-bond acceptors (Lipinski definition) is 2. The summed E-state index contributed by atoms with van der Waals surface area (Å²) in [5.74, 6) is -1.67. The van der Waals surface area contributed by atoms with Crippen LogP contribution in [0.4, 0.5) is 8.78 Å². The molecule has 0 radical (unpaired) electrons. The van der Waals surface area contributed by atoms with Crippen LogP contribution < -0.4 is 5.32 Å². The zero-order chi connectivity index (χ0) is 15.8. The largest absolute Gasteiger partial charge is 0.339 e. The van der Waals surface area contributed by atoms with Gasteiger partial charge in [0.15, 0.2) is 11.6 Å². The fraction of sp³-hybridized carbons (Fsp3) is 0.167. The van der Waals surface area contributed by atoms with E-state index < -0.39 is 11.6 Å². The zero-order valence-corrected chi connectivity index (χ0v) is 12.4. The Bertz CT molecular complexity index is 912. The van der Waals surface area contributed by atoms with Crippen molar-refractivity contribution in [2.24, 2.45) is 0 Å². The molecule has 0 saturated carbocycles. The molecule has 3 heterocycles. The number of aromatic nitrogens is 2. The van der Waals surface area contributed by atoms with Gasteiger partial charge >= 0.3 is 0 Å². The van der Waals surface area contributed by atoms with Crippen LogP contribution in [-0.2, 0) is 0 Å². The maximum Gasteiger partial charge on any atom is 0.166 e. The lowest BCUT2D eigenvalue weighted by molar-refractivity contribution is 0.511. The van der Waals surface area contributed by atoms with Gasteiger partial charge in [0, 0.05) is 29.4 Å². The van der Waals surface area contributed by atoms with Crippen LogP contribution >= 0.6 is 0 Å². The molecule has 0 saturated heterocycles. The SMILES string of the molecule is Fc1cccc(-c2ccnc3[nH]c(C4=CCNCC4)cc23)c1F. The van der Waals surface area contributed by atoms with Gasteiger partial charge in [-0.2, -0.15) is 0 Å². The Morgan fingerprint density at radius 3 is 2.83 bits per heavy atom. The van der Waals surface area contributed by atoms with Crippen molar-refractivity contribution in [3.63, 3.8) is 0 Å². The molecule has 4 rings (SSSR count). The minimum absolute atomic E-state index is 0.252. The molecular formula is C18H15F2N3. The third kappa shape index (κ3) is 2.43. The van der Waals surface area contributed by atoms with Crippen LogP contribution in [0.5, 0.6) is 0 Å². The van der Waals surface area contributed by atoms with Crippen molar-refractivity contribution in [2.45, 2.75) is 6.42 Å². The molecule has 2 aromatic heterocycles. The summed E-state index contributed by atoms with van der Waals surface area (Å²) in [4.78, 5) is 7.61. The van der Waals surface area contributed by atoms with Gasteiger partial charge in [0.25, 0.3) is 0 Å².